The van der Waals surface area contributed by atoms with Gasteiger partial charge in [0, 0.05) is 18.8 Å². The summed E-state index contributed by atoms with van der Waals surface area (Å²) in [6.07, 6.45) is 4.56. The Morgan fingerprint density at radius 3 is 2.79 bits per heavy atom. The number of hydrogen-bond donors (Lipinski definition) is 1. The average molecular weight is 326 g/mol. The van der Waals surface area contributed by atoms with E-state index >= 15 is 0 Å². The molecule has 0 spiro atoms. The Morgan fingerprint density at radius 1 is 1.25 bits per heavy atom. The topological polar surface area (TPSA) is 62.6 Å². The summed E-state index contributed by atoms with van der Waals surface area (Å²) >= 11 is 0. The molecule has 1 N–H and O–H groups in total. The Labute approximate surface area is 141 Å². The maximum absolute atomic E-state index is 12.6. The number of hydrogen-bond acceptors (Lipinski definition) is 3. The van der Waals surface area contributed by atoms with Crippen molar-refractivity contribution in [3.8, 4) is 0 Å². The molecule has 1 fully saturated rings. The molecule has 2 aromatic rings. The van der Waals surface area contributed by atoms with E-state index < -0.39 is 0 Å². The number of rotatable bonds is 3. The van der Waals surface area contributed by atoms with Gasteiger partial charge < -0.3 is 14.6 Å². The van der Waals surface area contributed by atoms with Crippen molar-refractivity contribution in [1.29, 1.82) is 0 Å². The van der Waals surface area contributed by atoms with Gasteiger partial charge in [-0.2, -0.15) is 0 Å². The fraction of sp³-hybridized carbons (Fsp3) is 0.368. The smallest absolute Gasteiger partial charge is 0.257 e. The largest absolute Gasteiger partial charge is 0.472 e. The highest BCUT2D eigenvalue weighted by Gasteiger charge is 2.29. The molecule has 5 heteroatoms. The number of likely N-dealkylation sites (tertiary alicyclic amines) is 1. The Kier molecular flexibility index (Phi) is 4.69. The van der Waals surface area contributed by atoms with Gasteiger partial charge in [0.05, 0.1) is 17.7 Å². The van der Waals surface area contributed by atoms with E-state index in [1.54, 1.807) is 11.0 Å². The van der Waals surface area contributed by atoms with Gasteiger partial charge in [-0.3, -0.25) is 9.59 Å². The van der Waals surface area contributed by atoms with Gasteiger partial charge in [0.2, 0.25) is 5.91 Å². The fourth-order valence-corrected chi connectivity index (χ4v) is 3.13. The van der Waals surface area contributed by atoms with E-state index in [2.05, 4.69) is 5.32 Å². The van der Waals surface area contributed by atoms with Crippen LogP contribution in [0.3, 0.4) is 0 Å². The minimum Gasteiger partial charge on any atom is -0.472 e. The second kappa shape index (κ2) is 6.91. The molecule has 2 heterocycles. The number of benzene rings is 1. The molecule has 1 saturated heterocycles. The van der Waals surface area contributed by atoms with Gasteiger partial charge in [-0.25, -0.2) is 0 Å². The van der Waals surface area contributed by atoms with Gasteiger partial charge >= 0.3 is 0 Å². The lowest BCUT2D eigenvalue weighted by molar-refractivity contribution is -0.121. The molecule has 2 amide bonds. The predicted octanol–water partition coefficient (Wildman–Crippen LogP) is 3.39. The van der Waals surface area contributed by atoms with Crippen LogP contribution in [-0.4, -0.2) is 29.8 Å². The Bertz CT molecular complexity index is 737. The van der Waals surface area contributed by atoms with E-state index in [-0.39, 0.29) is 17.7 Å². The lowest BCUT2D eigenvalue weighted by atomic mass is 9.96. The Balaban J connectivity index is 1.65. The quantitative estimate of drug-likeness (QED) is 0.940. The number of amides is 2. The zero-order valence-corrected chi connectivity index (χ0v) is 14.0. The maximum atomic E-state index is 12.6. The van der Waals surface area contributed by atoms with E-state index in [0.29, 0.717) is 18.7 Å². The van der Waals surface area contributed by atoms with Gasteiger partial charge in [-0.15, -0.1) is 0 Å². The summed E-state index contributed by atoms with van der Waals surface area (Å²) < 4.78 is 4.98. The molecule has 1 aliphatic heterocycles. The number of nitrogens with zero attached hydrogens (tertiary/aromatic N) is 1. The van der Waals surface area contributed by atoms with Gasteiger partial charge in [0.1, 0.15) is 6.26 Å². The number of furan rings is 1. The molecular weight excluding hydrogens is 304 g/mol. The molecule has 3 rings (SSSR count). The number of anilines is 1. The lowest BCUT2D eigenvalue weighted by Gasteiger charge is -2.32. The molecule has 1 aromatic heterocycles. The molecule has 0 aliphatic carbocycles. The summed E-state index contributed by atoms with van der Waals surface area (Å²) in [5.74, 6) is -0.283. The highest BCUT2D eigenvalue weighted by atomic mass is 16.3. The molecule has 0 saturated carbocycles. The van der Waals surface area contributed by atoms with Gasteiger partial charge in [0.25, 0.3) is 5.91 Å². The Hall–Kier alpha value is -2.56. The van der Waals surface area contributed by atoms with Crippen molar-refractivity contribution >= 4 is 17.5 Å². The zero-order valence-electron chi connectivity index (χ0n) is 14.0. The molecule has 1 aliphatic rings. The van der Waals surface area contributed by atoms with Gasteiger partial charge in [-0.1, -0.05) is 17.7 Å². The molecular formula is C19H22N2O3. The molecule has 24 heavy (non-hydrogen) atoms. The van der Waals surface area contributed by atoms with Crippen LogP contribution in [0.25, 0.3) is 0 Å². The molecule has 0 bridgehead atoms. The minimum absolute atomic E-state index is 0.0216. The van der Waals surface area contributed by atoms with Crippen LogP contribution in [0.5, 0.6) is 0 Å². The van der Waals surface area contributed by atoms with Crippen LogP contribution >= 0.6 is 0 Å². The highest BCUT2D eigenvalue weighted by molar-refractivity contribution is 5.96. The van der Waals surface area contributed by atoms with E-state index in [4.69, 9.17) is 4.42 Å². The number of piperidine rings is 1. The third-order valence-electron chi connectivity index (χ3n) is 4.49. The van der Waals surface area contributed by atoms with Crippen LogP contribution in [0.1, 0.15) is 34.3 Å². The van der Waals surface area contributed by atoms with E-state index in [9.17, 15) is 9.59 Å². The van der Waals surface area contributed by atoms with Crippen molar-refractivity contribution in [2.45, 2.75) is 26.7 Å². The third-order valence-corrected chi connectivity index (χ3v) is 4.49. The highest BCUT2D eigenvalue weighted by Crippen LogP contribution is 2.22. The van der Waals surface area contributed by atoms with Crippen LogP contribution < -0.4 is 5.32 Å². The standard InChI is InChI=1S/C19H22N2O3/c1-13-5-6-17(14(2)10-13)20-18(22)15-4-3-8-21(11-15)19(23)16-7-9-24-12-16/h5-7,9-10,12,15H,3-4,8,11H2,1-2H3,(H,20,22). The second-order valence-electron chi connectivity index (χ2n) is 6.41. The van der Waals surface area contributed by atoms with E-state index in [1.165, 1.54) is 18.1 Å². The molecule has 126 valence electrons. The first kappa shape index (κ1) is 16.3. The summed E-state index contributed by atoms with van der Waals surface area (Å²) in [5, 5.41) is 3.01. The second-order valence-corrected chi connectivity index (χ2v) is 6.41. The lowest BCUT2D eigenvalue weighted by Crippen LogP contribution is -2.43. The minimum atomic E-state index is -0.185. The van der Waals surface area contributed by atoms with Crippen LogP contribution in [0.2, 0.25) is 0 Å². The van der Waals surface area contributed by atoms with Gasteiger partial charge in [0.15, 0.2) is 0 Å². The monoisotopic (exact) mass is 326 g/mol. The van der Waals surface area contributed by atoms with Crippen molar-refractivity contribution in [2.24, 2.45) is 5.92 Å². The molecule has 1 atom stereocenters. The molecule has 0 radical (unpaired) electrons. The molecule has 1 aromatic carbocycles. The summed E-state index contributed by atoms with van der Waals surface area (Å²) in [6.45, 7) is 5.13. The number of aryl methyl sites for hydroxylation is 2. The van der Waals surface area contributed by atoms with Crippen LogP contribution in [0.4, 0.5) is 5.69 Å². The Morgan fingerprint density at radius 2 is 2.08 bits per heavy atom. The number of carbonyl (C=O) groups excluding carboxylic acids is 2. The van der Waals surface area contributed by atoms with E-state index in [0.717, 1.165) is 24.1 Å². The van der Waals surface area contributed by atoms with Crippen molar-refractivity contribution in [3.05, 3.63) is 53.5 Å². The number of carbonyl (C=O) groups is 2. The normalized spacial score (nSPS) is 17.6. The van der Waals surface area contributed by atoms with E-state index in [1.807, 2.05) is 32.0 Å². The van der Waals surface area contributed by atoms with Gasteiger partial charge in [-0.05, 0) is 44.4 Å². The first-order chi connectivity index (χ1) is 11.5. The van der Waals surface area contributed by atoms with Crippen molar-refractivity contribution in [3.63, 3.8) is 0 Å². The van der Waals surface area contributed by atoms with Crippen LogP contribution in [-0.2, 0) is 4.79 Å². The zero-order chi connectivity index (χ0) is 17.1. The first-order valence-electron chi connectivity index (χ1n) is 8.24. The maximum Gasteiger partial charge on any atom is 0.257 e. The molecule has 5 nitrogen and oxygen atoms in total. The van der Waals surface area contributed by atoms with Crippen molar-refractivity contribution in [1.82, 2.24) is 4.90 Å². The van der Waals surface area contributed by atoms with Crippen molar-refractivity contribution in [2.75, 3.05) is 18.4 Å². The molecule has 1 unspecified atom stereocenters. The number of nitrogens with one attached hydrogen (secondary N) is 1. The van der Waals surface area contributed by atoms with Crippen LogP contribution in [0, 0.1) is 19.8 Å². The predicted molar refractivity (Wildman–Crippen MR) is 91.9 cm³/mol. The van der Waals surface area contributed by atoms with Crippen molar-refractivity contribution < 1.29 is 14.0 Å². The van der Waals surface area contributed by atoms with Crippen LogP contribution in [0.15, 0.2) is 41.2 Å². The summed E-state index contributed by atoms with van der Waals surface area (Å²) in [7, 11) is 0. The average Bonchev–Trinajstić information content (AvgIpc) is 3.11. The fourth-order valence-electron chi connectivity index (χ4n) is 3.13. The summed E-state index contributed by atoms with van der Waals surface area (Å²) in [6, 6.07) is 7.62. The summed E-state index contributed by atoms with van der Waals surface area (Å²) in [5.41, 5.74) is 3.58. The summed E-state index contributed by atoms with van der Waals surface area (Å²) in [4.78, 5) is 26.7. The SMILES string of the molecule is Cc1ccc(NC(=O)C2CCCN(C(=O)c3ccoc3)C2)c(C)c1. The first-order valence-corrected chi connectivity index (χ1v) is 8.24. The third kappa shape index (κ3) is 3.50.